The van der Waals surface area contributed by atoms with E-state index in [2.05, 4.69) is 30.6 Å². The van der Waals surface area contributed by atoms with Crippen molar-refractivity contribution in [2.45, 2.75) is 25.4 Å². The van der Waals surface area contributed by atoms with Gasteiger partial charge in [-0.3, -0.25) is 9.59 Å². The van der Waals surface area contributed by atoms with Crippen LogP contribution in [0.4, 0.5) is 17.5 Å². The SMILES string of the molecule is Nc1nc(N)c2nc(CNc3ccc(C(=O)NC(CCC(=O)O)C(=O)O)cc3)cnc2n1.[H-].[Na+]. The summed E-state index contributed by atoms with van der Waals surface area (Å²) in [5, 5.41) is 23.3. The average Bonchev–Trinajstić information content (AvgIpc) is 2.75. The van der Waals surface area contributed by atoms with Gasteiger partial charge in [-0.25, -0.2) is 14.8 Å². The smallest absolute Gasteiger partial charge is 1.00 e. The van der Waals surface area contributed by atoms with E-state index in [-0.39, 0.29) is 66.8 Å². The van der Waals surface area contributed by atoms with Gasteiger partial charge in [-0.05, 0) is 30.7 Å². The number of carboxylic acids is 2. The minimum Gasteiger partial charge on any atom is -1.00 e. The molecule has 168 valence electrons. The summed E-state index contributed by atoms with van der Waals surface area (Å²) in [7, 11) is 0. The van der Waals surface area contributed by atoms with Crippen LogP contribution >= 0.6 is 0 Å². The Morgan fingerprint density at radius 2 is 1.76 bits per heavy atom. The summed E-state index contributed by atoms with van der Waals surface area (Å²) >= 11 is 0. The molecule has 0 aliphatic rings. The van der Waals surface area contributed by atoms with Crippen molar-refractivity contribution in [2.75, 3.05) is 16.8 Å². The molecule has 1 unspecified atom stereocenters. The minimum absolute atomic E-state index is 0. The van der Waals surface area contributed by atoms with Gasteiger partial charge < -0.3 is 33.7 Å². The van der Waals surface area contributed by atoms with Crippen LogP contribution in [0.5, 0.6) is 0 Å². The van der Waals surface area contributed by atoms with Crippen LogP contribution in [0.15, 0.2) is 30.5 Å². The van der Waals surface area contributed by atoms with Crippen molar-refractivity contribution < 1.29 is 55.6 Å². The molecule has 0 aliphatic heterocycles. The summed E-state index contributed by atoms with van der Waals surface area (Å²) < 4.78 is 0. The molecule has 1 aromatic carbocycles. The molecule has 3 aromatic rings. The number of fused-ring (bicyclic) bond motifs is 1. The van der Waals surface area contributed by atoms with Crippen molar-refractivity contribution in [3.05, 3.63) is 41.7 Å². The van der Waals surface area contributed by atoms with E-state index < -0.39 is 23.9 Å². The van der Waals surface area contributed by atoms with Gasteiger partial charge in [0, 0.05) is 17.7 Å². The summed E-state index contributed by atoms with van der Waals surface area (Å²) in [5.74, 6) is -2.93. The Kier molecular flexibility index (Phi) is 8.85. The Morgan fingerprint density at radius 1 is 1.06 bits per heavy atom. The molecule has 2 heterocycles. The first kappa shape index (κ1) is 25.7. The van der Waals surface area contributed by atoms with Crippen molar-refractivity contribution in [1.82, 2.24) is 25.3 Å². The van der Waals surface area contributed by atoms with E-state index in [0.717, 1.165) is 0 Å². The van der Waals surface area contributed by atoms with E-state index in [1.54, 1.807) is 12.1 Å². The van der Waals surface area contributed by atoms with E-state index in [0.29, 0.717) is 23.4 Å². The topological polar surface area (TPSA) is 219 Å². The molecule has 33 heavy (non-hydrogen) atoms. The van der Waals surface area contributed by atoms with Gasteiger partial charge in [0.15, 0.2) is 17.0 Å². The fourth-order valence-electron chi connectivity index (χ4n) is 2.77. The summed E-state index contributed by atoms with van der Waals surface area (Å²) in [5.41, 5.74) is 13.4. The zero-order valence-corrected chi connectivity index (χ0v) is 19.6. The van der Waals surface area contributed by atoms with E-state index in [4.69, 9.17) is 21.7 Å². The zero-order chi connectivity index (χ0) is 23.3. The van der Waals surface area contributed by atoms with Gasteiger partial charge in [0.05, 0.1) is 18.4 Å². The number of carbonyl (C=O) groups is 3. The predicted molar refractivity (Wildman–Crippen MR) is 115 cm³/mol. The number of anilines is 3. The van der Waals surface area contributed by atoms with Crippen LogP contribution in [0.25, 0.3) is 11.2 Å². The Hall–Kier alpha value is -3.55. The first-order chi connectivity index (χ1) is 15.2. The molecule has 1 atom stereocenters. The normalized spacial score (nSPS) is 11.3. The van der Waals surface area contributed by atoms with Gasteiger partial charge in [-0.1, -0.05) is 0 Å². The Bertz CT molecular complexity index is 1180. The average molecular weight is 464 g/mol. The number of carbonyl (C=O) groups excluding carboxylic acids is 1. The van der Waals surface area contributed by atoms with Gasteiger partial charge in [0.1, 0.15) is 6.04 Å². The van der Waals surface area contributed by atoms with E-state index in [1.807, 2.05) is 0 Å². The number of hydrogen-bond acceptors (Lipinski definition) is 10. The van der Waals surface area contributed by atoms with Crippen molar-refractivity contribution in [2.24, 2.45) is 0 Å². The third-order valence-corrected chi connectivity index (χ3v) is 4.37. The molecule has 14 heteroatoms. The van der Waals surface area contributed by atoms with E-state index >= 15 is 0 Å². The van der Waals surface area contributed by atoms with Gasteiger partial charge >= 0.3 is 41.5 Å². The number of rotatable bonds is 9. The molecule has 3 rings (SSSR count). The summed E-state index contributed by atoms with van der Waals surface area (Å²) in [6.45, 7) is 0.300. The van der Waals surface area contributed by atoms with Gasteiger partial charge in [0.2, 0.25) is 5.95 Å². The number of nitrogens with zero attached hydrogens (tertiary/aromatic N) is 4. The van der Waals surface area contributed by atoms with Crippen LogP contribution in [0.3, 0.4) is 0 Å². The van der Waals surface area contributed by atoms with Crippen molar-refractivity contribution in [3.8, 4) is 0 Å². The monoisotopic (exact) mass is 464 g/mol. The summed E-state index contributed by atoms with van der Waals surface area (Å²) in [6.07, 6.45) is 0.931. The zero-order valence-electron chi connectivity index (χ0n) is 18.6. The summed E-state index contributed by atoms with van der Waals surface area (Å²) in [4.78, 5) is 50.5. The van der Waals surface area contributed by atoms with Crippen LogP contribution < -0.4 is 51.7 Å². The maximum atomic E-state index is 12.3. The van der Waals surface area contributed by atoms with Crippen LogP contribution in [0.1, 0.15) is 30.3 Å². The molecule has 0 aliphatic carbocycles. The molecule has 8 N–H and O–H groups in total. The first-order valence-electron chi connectivity index (χ1n) is 9.37. The number of benzene rings is 1. The number of nitrogens with one attached hydrogen (secondary N) is 2. The van der Waals surface area contributed by atoms with Crippen LogP contribution in [-0.4, -0.2) is 54.0 Å². The molecule has 0 fully saturated rings. The number of amides is 1. The number of nitrogen functional groups attached to an aromatic ring is 2. The van der Waals surface area contributed by atoms with Crippen LogP contribution in [-0.2, 0) is 16.1 Å². The first-order valence-corrected chi connectivity index (χ1v) is 9.37. The fourth-order valence-corrected chi connectivity index (χ4v) is 2.77. The molecular formula is C19H21N8NaO5. The van der Waals surface area contributed by atoms with Gasteiger partial charge in [-0.15, -0.1) is 0 Å². The predicted octanol–water partition coefficient (Wildman–Crippen LogP) is -2.64. The molecule has 0 saturated heterocycles. The van der Waals surface area contributed by atoms with Gasteiger partial charge in [-0.2, -0.15) is 9.97 Å². The summed E-state index contributed by atoms with van der Waals surface area (Å²) in [6, 6.07) is 4.99. The Morgan fingerprint density at radius 3 is 2.39 bits per heavy atom. The number of nitrogens with two attached hydrogens (primary N) is 2. The molecule has 0 radical (unpaired) electrons. The fraction of sp³-hybridized carbons (Fsp3) is 0.211. The maximum Gasteiger partial charge on any atom is 1.00 e. The second-order valence-electron chi connectivity index (χ2n) is 6.73. The Balaban J connectivity index is 0.00000289. The molecule has 0 bridgehead atoms. The number of aromatic nitrogens is 4. The van der Waals surface area contributed by atoms with Gasteiger partial charge in [0.25, 0.3) is 5.91 Å². The van der Waals surface area contributed by atoms with Crippen molar-refractivity contribution in [1.29, 1.82) is 0 Å². The van der Waals surface area contributed by atoms with E-state index in [1.165, 1.54) is 18.3 Å². The molecular weight excluding hydrogens is 443 g/mol. The molecule has 1 amide bonds. The minimum atomic E-state index is -1.30. The quantitative estimate of drug-likeness (QED) is 0.179. The van der Waals surface area contributed by atoms with E-state index in [9.17, 15) is 14.4 Å². The number of carboxylic acid groups (broad SMARTS) is 2. The van der Waals surface area contributed by atoms with Crippen LogP contribution in [0.2, 0.25) is 0 Å². The molecule has 13 nitrogen and oxygen atoms in total. The number of hydrogen-bond donors (Lipinski definition) is 6. The molecule has 2 aromatic heterocycles. The molecule has 0 saturated carbocycles. The van der Waals surface area contributed by atoms with Crippen molar-refractivity contribution >= 4 is 46.5 Å². The Labute approximate surface area is 210 Å². The van der Waals surface area contributed by atoms with Crippen LogP contribution in [0, 0.1) is 0 Å². The largest absolute Gasteiger partial charge is 1.00 e. The third kappa shape index (κ3) is 6.97. The third-order valence-electron chi connectivity index (χ3n) is 4.37. The van der Waals surface area contributed by atoms with Crippen molar-refractivity contribution in [3.63, 3.8) is 0 Å². The number of aliphatic carboxylic acids is 2. The second-order valence-corrected chi connectivity index (χ2v) is 6.73. The second kappa shape index (κ2) is 11.4. The molecule has 0 spiro atoms. The standard InChI is InChI=1S/C19H20N8O5.Na.H/c20-15-14-16(27-19(21)26-15)23-8-11(24-14)7-22-10-3-1-9(2-4-10)17(30)25-12(18(31)32)5-6-13(28)29;;/h1-4,8,12,22H,5-7H2,(H,25,30)(H,28,29)(H,31,32)(H4,20,21,23,26,27);;/q;+1;-1. The maximum absolute atomic E-state index is 12.3.